The number of rotatable bonds is 7. The lowest BCUT2D eigenvalue weighted by atomic mass is 10.1. The van der Waals surface area contributed by atoms with Crippen LogP contribution in [0.4, 0.5) is 10.1 Å². The maximum atomic E-state index is 13.4. The van der Waals surface area contributed by atoms with Crippen LogP contribution in [0.1, 0.15) is 16.8 Å². The van der Waals surface area contributed by atoms with Gasteiger partial charge in [0.2, 0.25) is 5.88 Å². The second-order valence-electron chi connectivity index (χ2n) is 8.02. The Bertz CT molecular complexity index is 1490. The molecule has 1 amide bonds. The van der Waals surface area contributed by atoms with Gasteiger partial charge in [0, 0.05) is 12.1 Å². The predicted octanol–water partition coefficient (Wildman–Crippen LogP) is 5.47. The molecule has 0 aliphatic carbocycles. The van der Waals surface area contributed by atoms with E-state index in [1.54, 1.807) is 15.7 Å². The van der Waals surface area contributed by atoms with Crippen molar-refractivity contribution in [3.8, 4) is 17.3 Å². The maximum absolute atomic E-state index is 13.4. The molecule has 8 heteroatoms. The number of carbonyl (C=O) groups excluding carboxylic acids is 1. The number of carbonyl (C=O) groups is 1. The van der Waals surface area contributed by atoms with Crippen molar-refractivity contribution in [2.24, 2.45) is 10.2 Å². The van der Waals surface area contributed by atoms with Gasteiger partial charge in [0.15, 0.2) is 5.71 Å². The van der Waals surface area contributed by atoms with Crippen LogP contribution in [0.5, 0.6) is 11.6 Å². The van der Waals surface area contributed by atoms with Gasteiger partial charge in [0.1, 0.15) is 11.6 Å². The van der Waals surface area contributed by atoms with Crippen molar-refractivity contribution in [2.45, 2.75) is 6.92 Å². The number of aromatic nitrogens is 2. The summed E-state index contributed by atoms with van der Waals surface area (Å²) < 4.78 is 21.2. The number of aryl methyl sites for hydroxylation is 1. The van der Waals surface area contributed by atoms with E-state index in [0.29, 0.717) is 35.0 Å². The molecule has 0 atom stereocenters. The summed E-state index contributed by atoms with van der Waals surface area (Å²) in [4.78, 5) is 14.6. The minimum atomic E-state index is -0.361. The van der Waals surface area contributed by atoms with Crippen molar-refractivity contribution < 1.29 is 13.9 Å². The fourth-order valence-electron chi connectivity index (χ4n) is 3.94. The van der Waals surface area contributed by atoms with Gasteiger partial charge in [-0.25, -0.2) is 4.39 Å². The summed E-state index contributed by atoms with van der Waals surface area (Å²) in [7, 11) is 0. The molecule has 0 radical (unpaired) electrons. The lowest BCUT2D eigenvalue weighted by Gasteiger charge is -2.13. The molecule has 4 aromatic rings. The van der Waals surface area contributed by atoms with E-state index in [0.717, 1.165) is 11.4 Å². The molecule has 2 heterocycles. The molecule has 0 N–H and O–H groups in total. The summed E-state index contributed by atoms with van der Waals surface area (Å²) in [6, 6.07) is 22.6. The predicted molar refractivity (Wildman–Crippen MR) is 138 cm³/mol. The highest BCUT2D eigenvalue weighted by Gasteiger charge is 2.33. The van der Waals surface area contributed by atoms with Crippen molar-refractivity contribution in [2.75, 3.05) is 11.4 Å². The first-order valence-corrected chi connectivity index (χ1v) is 11.3. The molecule has 0 bridgehead atoms. The van der Waals surface area contributed by atoms with Crippen LogP contribution in [0.3, 0.4) is 0 Å². The van der Waals surface area contributed by atoms with Gasteiger partial charge in [-0.2, -0.15) is 14.9 Å². The molecule has 0 saturated carbocycles. The van der Waals surface area contributed by atoms with Crippen molar-refractivity contribution in [1.29, 1.82) is 0 Å². The van der Waals surface area contributed by atoms with Gasteiger partial charge in [-0.1, -0.05) is 42.5 Å². The van der Waals surface area contributed by atoms with Crippen molar-refractivity contribution in [3.63, 3.8) is 0 Å². The van der Waals surface area contributed by atoms with E-state index >= 15 is 0 Å². The Morgan fingerprint density at radius 2 is 1.75 bits per heavy atom. The number of ether oxygens (including phenoxy) is 1. The first-order chi connectivity index (χ1) is 17.6. The Morgan fingerprint density at radius 1 is 1.03 bits per heavy atom. The van der Waals surface area contributed by atoms with Crippen molar-refractivity contribution in [3.05, 3.63) is 114 Å². The third-order valence-electron chi connectivity index (χ3n) is 5.65. The Balaban J connectivity index is 1.55. The van der Waals surface area contributed by atoms with Crippen LogP contribution in [0.15, 0.2) is 102 Å². The van der Waals surface area contributed by atoms with Crippen LogP contribution in [-0.2, 0) is 4.79 Å². The van der Waals surface area contributed by atoms with Crippen LogP contribution in [0.25, 0.3) is 5.69 Å². The number of nitrogens with zero attached hydrogens (tertiary/aromatic N) is 5. The molecule has 0 unspecified atom stereocenters. The lowest BCUT2D eigenvalue weighted by Crippen LogP contribution is -2.30. The molecule has 7 nitrogen and oxygen atoms in total. The van der Waals surface area contributed by atoms with Crippen LogP contribution in [-0.4, -0.2) is 34.2 Å². The second kappa shape index (κ2) is 9.79. The topological polar surface area (TPSA) is 72.1 Å². The summed E-state index contributed by atoms with van der Waals surface area (Å²) in [5.41, 5.74) is 3.73. The monoisotopic (exact) mass is 479 g/mol. The third-order valence-corrected chi connectivity index (χ3v) is 5.65. The van der Waals surface area contributed by atoms with Crippen molar-refractivity contribution >= 4 is 23.5 Å². The first-order valence-electron chi connectivity index (χ1n) is 11.3. The van der Waals surface area contributed by atoms with Crippen LogP contribution < -0.4 is 9.64 Å². The summed E-state index contributed by atoms with van der Waals surface area (Å²) >= 11 is 0. The number of hydrogen-bond donors (Lipinski definition) is 0. The highest BCUT2D eigenvalue weighted by molar-refractivity contribution is 6.54. The Morgan fingerprint density at radius 3 is 2.50 bits per heavy atom. The quantitative estimate of drug-likeness (QED) is 0.201. The maximum Gasteiger partial charge on any atom is 0.279 e. The largest absolute Gasteiger partial charge is 0.438 e. The van der Waals surface area contributed by atoms with Gasteiger partial charge in [-0.05, 0) is 49.4 Å². The van der Waals surface area contributed by atoms with Gasteiger partial charge >= 0.3 is 0 Å². The molecule has 1 aliphatic heterocycles. The van der Waals surface area contributed by atoms with E-state index < -0.39 is 0 Å². The van der Waals surface area contributed by atoms with E-state index in [1.165, 1.54) is 30.5 Å². The summed E-state index contributed by atoms with van der Waals surface area (Å²) in [6.45, 7) is 5.94. The van der Waals surface area contributed by atoms with Gasteiger partial charge in [0.25, 0.3) is 5.91 Å². The number of amides is 1. The number of halogens is 1. The number of anilines is 1. The molecule has 1 aliphatic rings. The number of para-hydroxylation sites is 2. The van der Waals surface area contributed by atoms with E-state index in [9.17, 15) is 9.18 Å². The first kappa shape index (κ1) is 22.9. The zero-order valence-electron chi connectivity index (χ0n) is 19.5. The average Bonchev–Trinajstić information content (AvgIpc) is 3.35. The Labute approximate surface area is 207 Å². The summed E-state index contributed by atoms with van der Waals surface area (Å²) in [5.74, 6) is 0.225. The molecular weight excluding hydrogens is 457 g/mol. The lowest BCUT2D eigenvalue weighted by molar-refractivity contribution is -0.112. The molecule has 0 spiro atoms. The van der Waals surface area contributed by atoms with Crippen LogP contribution in [0, 0.1) is 12.7 Å². The van der Waals surface area contributed by atoms with Gasteiger partial charge < -0.3 is 9.64 Å². The van der Waals surface area contributed by atoms with E-state index in [2.05, 4.69) is 21.9 Å². The molecule has 0 saturated heterocycles. The zero-order chi connectivity index (χ0) is 25.1. The average molecular weight is 480 g/mol. The highest BCUT2D eigenvalue weighted by Crippen LogP contribution is 2.31. The number of hydrogen-bond acceptors (Lipinski definition) is 5. The number of benzene rings is 3. The zero-order valence-corrected chi connectivity index (χ0v) is 19.5. The normalized spacial score (nSPS) is 14.0. The fourth-order valence-corrected chi connectivity index (χ4v) is 3.94. The van der Waals surface area contributed by atoms with E-state index in [4.69, 9.17) is 4.74 Å². The summed E-state index contributed by atoms with van der Waals surface area (Å²) in [5, 5.41) is 13.1. The SMILES string of the molecule is C=CCN1C(=O)C(=NN=Cc2c(C)nn(-c3ccccc3)c2Oc2ccc(F)cc2)c2ccccc21. The Kier molecular flexibility index (Phi) is 6.23. The molecule has 178 valence electrons. The fraction of sp³-hybridized carbons (Fsp3) is 0.0714. The molecular formula is C28H22FN5O2. The standard InChI is InChI=1S/C28H22FN5O2/c1-3-17-33-25-12-8-7-11-23(25)26(27(33)35)31-30-18-24-19(2)32-34(21-9-5-4-6-10-21)28(24)36-22-15-13-20(29)14-16-22/h3-16,18H,1,17H2,2H3. The highest BCUT2D eigenvalue weighted by atomic mass is 19.1. The molecule has 5 rings (SSSR count). The molecule has 3 aromatic carbocycles. The number of fused-ring (bicyclic) bond motifs is 1. The van der Waals surface area contributed by atoms with Gasteiger partial charge in [-0.3, -0.25) is 4.79 Å². The minimum absolute atomic E-state index is 0.243. The van der Waals surface area contributed by atoms with E-state index in [1.807, 2.05) is 61.5 Å². The molecule has 1 aromatic heterocycles. The Hall–Kier alpha value is -4.85. The van der Waals surface area contributed by atoms with Crippen LogP contribution >= 0.6 is 0 Å². The minimum Gasteiger partial charge on any atom is -0.438 e. The smallest absolute Gasteiger partial charge is 0.279 e. The molecule has 0 fully saturated rings. The third kappa shape index (κ3) is 4.32. The molecule has 36 heavy (non-hydrogen) atoms. The van der Waals surface area contributed by atoms with Crippen molar-refractivity contribution in [1.82, 2.24) is 9.78 Å². The summed E-state index contributed by atoms with van der Waals surface area (Å²) in [6.07, 6.45) is 3.18. The van der Waals surface area contributed by atoms with Gasteiger partial charge in [-0.15, -0.1) is 11.7 Å². The second-order valence-corrected chi connectivity index (χ2v) is 8.02. The van der Waals surface area contributed by atoms with Gasteiger partial charge in [0.05, 0.1) is 28.8 Å². The van der Waals surface area contributed by atoms with E-state index in [-0.39, 0.29) is 17.4 Å². The van der Waals surface area contributed by atoms with Crippen LogP contribution in [0.2, 0.25) is 0 Å².